The summed E-state index contributed by atoms with van der Waals surface area (Å²) in [4.78, 5) is 66.7. The summed E-state index contributed by atoms with van der Waals surface area (Å²) in [5.41, 5.74) is -0.0498. The van der Waals surface area contributed by atoms with E-state index in [-0.39, 0.29) is 11.3 Å². The van der Waals surface area contributed by atoms with Crippen LogP contribution in [0.4, 0.5) is 10.5 Å². The third-order valence-corrected chi connectivity index (χ3v) is 8.68. The zero-order valence-electron chi connectivity index (χ0n) is 24.0. The topological polar surface area (TPSA) is 257 Å². The van der Waals surface area contributed by atoms with Crippen LogP contribution in [0, 0.1) is 11.8 Å². The molecule has 2 aromatic carbocycles. The minimum atomic E-state index is -3.15. The second-order valence-electron chi connectivity index (χ2n) is 11.3. The number of phenols is 2. The van der Waals surface area contributed by atoms with Gasteiger partial charge >= 0.3 is 12.1 Å². The highest BCUT2D eigenvalue weighted by Crippen LogP contribution is 2.57. The number of ether oxygens (including phenoxy) is 1. The van der Waals surface area contributed by atoms with Crippen LogP contribution in [0.15, 0.2) is 53.3 Å². The number of aromatic carboxylic acids is 1. The standard InChI is InChI=1S/C30H29N3O12/c1-10-12-5-4-6-15(35)17(12)22(36)18-16(10)24(45-29(43)32-14-8-7-11(34)9-13(14)28(41)42)20-21(33(2)3)23(37)19(27(31)40)26(39)30(20,44)25(18)38/h4-10,16,20-21,24,34-36,39,44H,1-3H3,(H2,31,40)(H,32,43)(H,41,42)/t10-,16+,20+,21-,24-,30-/m0/s1. The summed E-state index contributed by atoms with van der Waals surface area (Å²) in [6.45, 7) is 1.59. The fraction of sp³-hybridized carbons (Fsp3) is 0.300. The number of carbonyl (C=O) groups excluding carboxylic acids is 4. The number of phenolic OH excluding ortho intramolecular Hbond substituents is 2. The van der Waals surface area contributed by atoms with Crippen LogP contribution < -0.4 is 11.1 Å². The number of carboxylic acid groups (broad SMARTS) is 1. The minimum absolute atomic E-state index is 0.153. The number of carbonyl (C=O) groups is 5. The number of anilines is 1. The number of nitrogens with zero attached hydrogens (tertiary/aromatic N) is 1. The van der Waals surface area contributed by atoms with Crippen molar-refractivity contribution in [3.63, 3.8) is 0 Å². The lowest BCUT2D eigenvalue weighted by molar-refractivity contribution is -0.169. The van der Waals surface area contributed by atoms with Crippen molar-refractivity contribution in [3.8, 4) is 11.5 Å². The summed E-state index contributed by atoms with van der Waals surface area (Å²) in [6.07, 6.45) is -3.06. The van der Waals surface area contributed by atoms with Gasteiger partial charge in [-0.1, -0.05) is 19.1 Å². The summed E-state index contributed by atoms with van der Waals surface area (Å²) < 4.78 is 5.80. The van der Waals surface area contributed by atoms with Crippen LogP contribution in [0.1, 0.15) is 34.3 Å². The molecule has 45 heavy (non-hydrogen) atoms. The molecule has 9 N–H and O–H groups in total. The normalized spacial score (nSPS) is 27.4. The second-order valence-corrected chi connectivity index (χ2v) is 11.3. The Kier molecular flexibility index (Phi) is 7.34. The van der Waals surface area contributed by atoms with Crippen LogP contribution in [0.5, 0.6) is 11.5 Å². The Bertz CT molecular complexity index is 1760. The Hall–Kier alpha value is -5.41. The third-order valence-electron chi connectivity index (χ3n) is 8.68. The number of primary amides is 1. The lowest BCUT2D eigenvalue weighted by atomic mass is 9.54. The van der Waals surface area contributed by atoms with E-state index in [1.165, 1.54) is 31.1 Å². The molecule has 236 valence electrons. The zero-order valence-corrected chi connectivity index (χ0v) is 24.0. The molecule has 0 spiro atoms. The van der Waals surface area contributed by atoms with E-state index >= 15 is 0 Å². The minimum Gasteiger partial charge on any atom is -0.508 e. The number of benzene rings is 2. The van der Waals surface area contributed by atoms with Gasteiger partial charge in [0.15, 0.2) is 11.4 Å². The number of aromatic hydroxyl groups is 2. The van der Waals surface area contributed by atoms with Crippen molar-refractivity contribution in [1.82, 2.24) is 4.90 Å². The van der Waals surface area contributed by atoms with Crippen LogP contribution in [-0.2, 0) is 19.1 Å². The number of likely N-dealkylation sites (N-methyl/N-ethyl adjacent to an activating group) is 1. The monoisotopic (exact) mass is 623 g/mol. The number of hydrogen-bond donors (Lipinski definition) is 8. The molecule has 0 aromatic heterocycles. The fourth-order valence-corrected chi connectivity index (χ4v) is 6.77. The molecule has 2 amide bonds. The number of rotatable bonds is 5. The summed E-state index contributed by atoms with van der Waals surface area (Å²) in [5.74, 6) is -12.3. The van der Waals surface area contributed by atoms with Crippen LogP contribution in [0.2, 0.25) is 0 Å². The van der Waals surface area contributed by atoms with Crippen molar-refractivity contribution in [2.24, 2.45) is 17.6 Å². The first-order valence-corrected chi connectivity index (χ1v) is 13.5. The largest absolute Gasteiger partial charge is 0.508 e. The van der Waals surface area contributed by atoms with E-state index in [4.69, 9.17) is 10.5 Å². The average Bonchev–Trinajstić information content (AvgIpc) is 2.95. The highest BCUT2D eigenvalue weighted by molar-refractivity contribution is 6.24. The Morgan fingerprint density at radius 2 is 1.71 bits per heavy atom. The molecule has 6 atom stereocenters. The molecule has 15 heteroatoms. The Balaban J connectivity index is 1.75. The second kappa shape index (κ2) is 10.6. The molecule has 3 aliphatic carbocycles. The van der Waals surface area contributed by atoms with Crippen LogP contribution in [0.3, 0.4) is 0 Å². The number of Topliss-reactive ketones (excluding diaryl/α,β-unsaturated/α-hetero) is 2. The highest BCUT2D eigenvalue weighted by atomic mass is 16.6. The lowest BCUT2D eigenvalue weighted by Crippen LogP contribution is -2.71. The maximum atomic E-state index is 14.2. The molecular weight excluding hydrogens is 594 g/mol. The predicted molar refractivity (Wildman–Crippen MR) is 153 cm³/mol. The van der Waals surface area contributed by atoms with Gasteiger partial charge in [0, 0.05) is 11.5 Å². The number of nitrogens with one attached hydrogen (secondary N) is 1. The average molecular weight is 624 g/mol. The van der Waals surface area contributed by atoms with Crippen molar-refractivity contribution < 1.29 is 59.3 Å². The molecule has 0 bridgehead atoms. The molecule has 5 rings (SSSR count). The molecule has 15 nitrogen and oxygen atoms in total. The van der Waals surface area contributed by atoms with E-state index in [1.807, 2.05) is 0 Å². The van der Waals surface area contributed by atoms with Crippen molar-refractivity contribution in [2.75, 3.05) is 19.4 Å². The van der Waals surface area contributed by atoms with Crippen molar-refractivity contribution in [1.29, 1.82) is 0 Å². The molecule has 3 aliphatic rings. The van der Waals surface area contributed by atoms with Gasteiger partial charge in [0.2, 0.25) is 5.78 Å². The Labute approximate surface area is 254 Å². The molecule has 0 unspecified atom stereocenters. The van der Waals surface area contributed by atoms with Gasteiger partial charge in [-0.3, -0.25) is 24.6 Å². The lowest BCUT2D eigenvalue weighted by Gasteiger charge is -2.54. The molecule has 0 radical (unpaired) electrons. The number of aliphatic hydroxyl groups is 3. The number of ketones is 2. The van der Waals surface area contributed by atoms with Crippen LogP contribution in [-0.4, -0.2) is 96.9 Å². The van der Waals surface area contributed by atoms with Crippen molar-refractivity contribution in [2.45, 2.75) is 30.6 Å². The van der Waals surface area contributed by atoms with Gasteiger partial charge in [0.1, 0.15) is 34.7 Å². The summed E-state index contributed by atoms with van der Waals surface area (Å²) >= 11 is 0. The van der Waals surface area contributed by atoms with Gasteiger partial charge in [-0.15, -0.1) is 0 Å². The van der Waals surface area contributed by atoms with Gasteiger partial charge in [-0.05, 0) is 49.8 Å². The molecule has 0 aliphatic heterocycles. The van der Waals surface area contributed by atoms with Crippen LogP contribution in [0.25, 0.3) is 5.76 Å². The zero-order chi connectivity index (χ0) is 33.3. The van der Waals surface area contributed by atoms with E-state index in [2.05, 4.69) is 5.32 Å². The summed E-state index contributed by atoms with van der Waals surface area (Å²) in [6, 6.07) is 5.73. The first kappa shape index (κ1) is 31.0. The van der Waals surface area contributed by atoms with E-state index in [9.17, 15) is 54.6 Å². The van der Waals surface area contributed by atoms with E-state index in [0.717, 1.165) is 18.2 Å². The first-order chi connectivity index (χ1) is 21.0. The van der Waals surface area contributed by atoms with E-state index in [1.54, 1.807) is 13.0 Å². The molecule has 0 saturated heterocycles. The van der Waals surface area contributed by atoms with E-state index < -0.39 is 105 Å². The number of amides is 2. The van der Waals surface area contributed by atoms with Gasteiger partial charge in [-0.25, -0.2) is 9.59 Å². The molecular formula is C30H29N3O12. The Morgan fingerprint density at radius 3 is 2.31 bits per heavy atom. The summed E-state index contributed by atoms with van der Waals surface area (Å²) in [7, 11) is 2.75. The Morgan fingerprint density at radius 1 is 1.04 bits per heavy atom. The molecule has 2 aromatic rings. The van der Waals surface area contributed by atoms with Gasteiger partial charge < -0.3 is 41.1 Å². The number of carboxylic acids is 1. The van der Waals surface area contributed by atoms with Gasteiger partial charge in [-0.2, -0.15) is 0 Å². The predicted octanol–water partition coefficient (Wildman–Crippen LogP) is 1.16. The maximum absolute atomic E-state index is 14.2. The summed E-state index contributed by atoms with van der Waals surface area (Å²) in [5, 5.41) is 66.8. The molecule has 1 fully saturated rings. The van der Waals surface area contributed by atoms with Crippen molar-refractivity contribution in [3.05, 3.63) is 70.0 Å². The fourth-order valence-electron chi connectivity index (χ4n) is 6.77. The number of aliphatic hydroxyl groups excluding tert-OH is 2. The maximum Gasteiger partial charge on any atom is 0.411 e. The SMILES string of the molecule is C[C@H]1c2cccc(O)c2C(O)=C2C(=O)[C@]3(O)C(O)=C(C(N)=O)C(=O)[C@@H](N(C)C)[C@@H]3[C@@H](OC(=O)Nc3ccc(O)cc3C(=O)O)[C@@H]21. The van der Waals surface area contributed by atoms with Crippen molar-refractivity contribution >= 4 is 41.0 Å². The quantitative estimate of drug-likeness (QED) is 0.172. The highest BCUT2D eigenvalue weighted by Gasteiger charge is 2.69. The number of hydrogen-bond acceptors (Lipinski definition) is 12. The molecule has 1 saturated carbocycles. The number of fused-ring (bicyclic) bond motifs is 3. The smallest absolute Gasteiger partial charge is 0.411 e. The first-order valence-electron chi connectivity index (χ1n) is 13.5. The van der Waals surface area contributed by atoms with Gasteiger partial charge in [0.05, 0.1) is 28.8 Å². The van der Waals surface area contributed by atoms with Crippen LogP contribution >= 0.6 is 0 Å². The molecule has 0 heterocycles. The number of nitrogens with two attached hydrogens (primary N) is 1. The van der Waals surface area contributed by atoms with Gasteiger partial charge in [0.25, 0.3) is 5.91 Å². The van der Waals surface area contributed by atoms with E-state index in [0.29, 0.717) is 5.56 Å². The third kappa shape index (κ3) is 4.46.